The summed E-state index contributed by atoms with van der Waals surface area (Å²) in [4.78, 5) is 24.8. The molecule has 0 aromatic carbocycles. The molecule has 7 heteroatoms. The second-order valence-electron chi connectivity index (χ2n) is 5.35. The molecule has 1 heterocycles. The molecule has 1 aromatic heterocycles. The van der Waals surface area contributed by atoms with Crippen LogP contribution in [0.3, 0.4) is 0 Å². The average Bonchev–Trinajstić information content (AvgIpc) is 2.85. The quantitative estimate of drug-likeness (QED) is 0.833. The highest BCUT2D eigenvalue weighted by molar-refractivity contribution is 7.16. The summed E-state index contributed by atoms with van der Waals surface area (Å²) in [6.07, 6.45) is 3.68. The van der Waals surface area contributed by atoms with Crippen molar-refractivity contribution < 1.29 is 19.8 Å². The van der Waals surface area contributed by atoms with Crippen LogP contribution in [-0.4, -0.2) is 34.7 Å². The fourth-order valence-electron chi connectivity index (χ4n) is 2.69. The van der Waals surface area contributed by atoms with Crippen LogP contribution < -0.4 is 4.90 Å². The number of aryl methyl sites for hydroxylation is 1. The number of rotatable bonds is 6. The minimum atomic E-state index is -1.03. The normalized spacial score (nSPS) is 14.7. The Kier molecular flexibility index (Phi) is 5.03. The predicted octanol–water partition coefficient (Wildman–Crippen LogP) is 2.25. The third kappa shape index (κ3) is 3.22. The largest absolute Gasteiger partial charge is 0.481 e. The van der Waals surface area contributed by atoms with E-state index in [1.165, 1.54) is 23.2 Å². The van der Waals surface area contributed by atoms with Gasteiger partial charge in [-0.3, -0.25) is 4.79 Å². The van der Waals surface area contributed by atoms with E-state index in [-0.39, 0.29) is 13.0 Å². The third-order valence-electron chi connectivity index (χ3n) is 3.92. The number of aliphatic carboxylic acids is 2. The van der Waals surface area contributed by atoms with E-state index in [0.717, 1.165) is 36.1 Å². The minimum absolute atomic E-state index is 0.0802. The van der Waals surface area contributed by atoms with Crippen LogP contribution in [0.15, 0.2) is 0 Å². The van der Waals surface area contributed by atoms with Crippen LogP contribution in [-0.2, 0) is 22.4 Å². The average molecular weight is 322 g/mol. The molecule has 1 aromatic rings. The summed E-state index contributed by atoms with van der Waals surface area (Å²) in [6, 6.07) is 1.33. The maximum absolute atomic E-state index is 11.3. The Morgan fingerprint density at radius 1 is 1.36 bits per heavy atom. The number of carbonyl (C=O) groups is 2. The number of nitrogens with zero attached hydrogens (tertiary/aromatic N) is 2. The van der Waals surface area contributed by atoms with Crippen LogP contribution in [0.25, 0.3) is 0 Å². The topological polar surface area (TPSA) is 102 Å². The number of carboxylic acids is 2. The Bertz CT molecular complexity index is 632. The van der Waals surface area contributed by atoms with E-state index in [1.54, 1.807) is 0 Å². The van der Waals surface area contributed by atoms with Crippen molar-refractivity contribution in [2.24, 2.45) is 0 Å². The number of thiophene rings is 1. The molecule has 118 valence electrons. The first-order valence-electron chi connectivity index (χ1n) is 7.21. The van der Waals surface area contributed by atoms with Gasteiger partial charge in [-0.25, -0.2) is 4.79 Å². The summed E-state index contributed by atoms with van der Waals surface area (Å²) in [7, 11) is 0. The molecule has 0 amide bonds. The van der Waals surface area contributed by atoms with E-state index in [0.29, 0.717) is 10.6 Å². The minimum Gasteiger partial charge on any atom is -0.481 e. The number of hydrogen-bond donors (Lipinski definition) is 2. The van der Waals surface area contributed by atoms with Gasteiger partial charge in [0.15, 0.2) is 0 Å². The zero-order valence-corrected chi connectivity index (χ0v) is 13.2. The van der Waals surface area contributed by atoms with Crippen LogP contribution in [0.4, 0.5) is 5.00 Å². The molecule has 0 aliphatic heterocycles. The van der Waals surface area contributed by atoms with Crippen molar-refractivity contribution >= 4 is 28.3 Å². The van der Waals surface area contributed by atoms with Crippen molar-refractivity contribution in [3.63, 3.8) is 0 Å². The van der Waals surface area contributed by atoms with Crippen LogP contribution in [0.2, 0.25) is 0 Å². The standard InChI is InChI=1S/C15H18N2O4S/c1-9(15(20)21)17(7-6-13(18)19)14-11(8-16)10-4-2-3-5-12(10)22-14/h9H,2-7H2,1H3,(H,18,19)(H,20,21). The Morgan fingerprint density at radius 3 is 2.64 bits per heavy atom. The Hall–Kier alpha value is -2.07. The zero-order valence-electron chi connectivity index (χ0n) is 12.3. The molecule has 22 heavy (non-hydrogen) atoms. The van der Waals surface area contributed by atoms with Gasteiger partial charge in [0.2, 0.25) is 0 Å². The van der Waals surface area contributed by atoms with E-state index < -0.39 is 18.0 Å². The maximum atomic E-state index is 11.3. The van der Waals surface area contributed by atoms with Gasteiger partial charge in [-0.05, 0) is 38.2 Å². The molecular weight excluding hydrogens is 304 g/mol. The van der Waals surface area contributed by atoms with Gasteiger partial charge in [0.05, 0.1) is 12.0 Å². The summed E-state index contributed by atoms with van der Waals surface area (Å²) >= 11 is 1.44. The Morgan fingerprint density at radius 2 is 2.05 bits per heavy atom. The van der Waals surface area contributed by atoms with E-state index in [9.17, 15) is 20.0 Å². The molecule has 1 aliphatic carbocycles. The van der Waals surface area contributed by atoms with E-state index in [4.69, 9.17) is 5.11 Å². The van der Waals surface area contributed by atoms with Gasteiger partial charge in [-0.15, -0.1) is 11.3 Å². The lowest BCUT2D eigenvalue weighted by Crippen LogP contribution is -2.40. The molecule has 1 aliphatic rings. The number of fused-ring (bicyclic) bond motifs is 1. The van der Waals surface area contributed by atoms with Gasteiger partial charge < -0.3 is 15.1 Å². The fraction of sp³-hybridized carbons (Fsp3) is 0.533. The van der Waals surface area contributed by atoms with Crippen LogP contribution >= 0.6 is 11.3 Å². The van der Waals surface area contributed by atoms with Gasteiger partial charge in [0, 0.05) is 11.4 Å². The molecule has 1 unspecified atom stereocenters. The number of hydrogen-bond acceptors (Lipinski definition) is 5. The molecule has 2 N–H and O–H groups in total. The molecule has 0 saturated heterocycles. The Balaban J connectivity index is 2.42. The van der Waals surface area contributed by atoms with Gasteiger partial charge in [-0.1, -0.05) is 0 Å². The van der Waals surface area contributed by atoms with Crippen LogP contribution in [0.1, 0.15) is 42.2 Å². The molecule has 0 saturated carbocycles. The van der Waals surface area contributed by atoms with Crippen molar-refractivity contribution in [3.8, 4) is 6.07 Å². The molecule has 0 fully saturated rings. The van der Waals surface area contributed by atoms with Crippen molar-refractivity contribution in [3.05, 3.63) is 16.0 Å². The van der Waals surface area contributed by atoms with Gasteiger partial charge >= 0.3 is 11.9 Å². The van der Waals surface area contributed by atoms with Crippen LogP contribution in [0, 0.1) is 11.3 Å². The molecule has 0 spiro atoms. The first-order chi connectivity index (χ1) is 10.5. The lowest BCUT2D eigenvalue weighted by molar-refractivity contribution is -0.139. The molecule has 6 nitrogen and oxygen atoms in total. The number of carboxylic acid groups (broad SMARTS) is 2. The highest BCUT2D eigenvalue weighted by atomic mass is 32.1. The second-order valence-corrected chi connectivity index (χ2v) is 6.44. The van der Waals surface area contributed by atoms with Crippen molar-refractivity contribution in [2.75, 3.05) is 11.4 Å². The third-order valence-corrected chi connectivity index (χ3v) is 5.25. The van der Waals surface area contributed by atoms with Crippen molar-refractivity contribution in [2.45, 2.75) is 45.1 Å². The predicted molar refractivity (Wildman–Crippen MR) is 82.4 cm³/mol. The smallest absolute Gasteiger partial charge is 0.326 e. The maximum Gasteiger partial charge on any atom is 0.326 e. The molecule has 2 rings (SSSR count). The highest BCUT2D eigenvalue weighted by Crippen LogP contribution is 2.40. The summed E-state index contributed by atoms with van der Waals surface area (Å²) in [6.45, 7) is 1.60. The first-order valence-corrected chi connectivity index (χ1v) is 8.03. The fourth-order valence-corrected chi connectivity index (χ4v) is 4.13. The van der Waals surface area contributed by atoms with E-state index in [1.807, 2.05) is 0 Å². The van der Waals surface area contributed by atoms with Crippen molar-refractivity contribution in [1.82, 2.24) is 0 Å². The lowest BCUT2D eigenvalue weighted by atomic mass is 9.96. The number of anilines is 1. The molecule has 0 bridgehead atoms. The van der Waals surface area contributed by atoms with Gasteiger partial charge in [-0.2, -0.15) is 5.26 Å². The number of nitriles is 1. The van der Waals surface area contributed by atoms with E-state index in [2.05, 4.69) is 6.07 Å². The monoisotopic (exact) mass is 322 g/mol. The van der Waals surface area contributed by atoms with Gasteiger partial charge in [0.1, 0.15) is 17.1 Å². The highest BCUT2D eigenvalue weighted by Gasteiger charge is 2.29. The summed E-state index contributed by atoms with van der Waals surface area (Å²) in [5.74, 6) is -2.01. The Labute approximate surface area is 132 Å². The summed E-state index contributed by atoms with van der Waals surface area (Å²) in [5.41, 5.74) is 1.55. The van der Waals surface area contributed by atoms with E-state index >= 15 is 0 Å². The lowest BCUT2D eigenvalue weighted by Gasteiger charge is -2.27. The SMILES string of the molecule is CC(C(=O)O)N(CCC(=O)O)c1sc2c(c1C#N)CCCC2. The van der Waals surface area contributed by atoms with Gasteiger partial charge in [0.25, 0.3) is 0 Å². The summed E-state index contributed by atoms with van der Waals surface area (Å²) in [5, 5.41) is 28.2. The molecular formula is C15H18N2O4S. The van der Waals surface area contributed by atoms with Crippen molar-refractivity contribution in [1.29, 1.82) is 5.26 Å². The van der Waals surface area contributed by atoms with Crippen LogP contribution in [0.5, 0.6) is 0 Å². The molecule has 0 radical (unpaired) electrons. The second kappa shape index (κ2) is 6.79. The first kappa shape index (κ1) is 16.3. The zero-order chi connectivity index (χ0) is 16.3. The summed E-state index contributed by atoms with van der Waals surface area (Å²) < 4.78 is 0. The molecule has 1 atom stereocenters.